The van der Waals surface area contributed by atoms with Gasteiger partial charge in [0.2, 0.25) is 5.56 Å². The van der Waals surface area contributed by atoms with Crippen molar-refractivity contribution in [1.82, 2.24) is 4.98 Å². The lowest BCUT2D eigenvalue weighted by Crippen LogP contribution is -2.09. The van der Waals surface area contributed by atoms with Crippen molar-refractivity contribution in [3.63, 3.8) is 0 Å². The minimum atomic E-state index is -1.01. The normalized spacial score (nSPS) is 9.95. The highest BCUT2D eigenvalue weighted by molar-refractivity contribution is 7.99. The Morgan fingerprint density at radius 1 is 1.35 bits per heavy atom. The monoisotopic (exact) mass is 286 g/mol. The second kappa shape index (κ2) is 6.08. The molecule has 0 spiro atoms. The van der Waals surface area contributed by atoms with E-state index in [0.29, 0.717) is 5.56 Å². The Hall–Kier alpha value is -2.52. The van der Waals surface area contributed by atoms with Gasteiger partial charge >= 0.3 is 5.97 Å². The number of pyridine rings is 1. The van der Waals surface area contributed by atoms with Crippen LogP contribution in [0.25, 0.3) is 11.1 Å². The smallest absolute Gasteiger partial charge is 0.313 e. The maximum atomic E-state index is 11.7. The number of aromatic nitrogens is 1. The zero-order valence-corrected chi connectivity index (χ0v) is 11.1. The number of nitrogens with zero attached hydrogens (tertiary/aromatic N) is 1. The van der Waals surface area contributed by atoms with Crippen LogP contribution in [0.4, 0.5) is 0 Å². The van der Waals surface area contributed by atoms with E-state index >= 15 is 0 Å². The third-order valence-corrected chi connectivity index (χ3v) is 3.53. The summed E-state index contributed by atoms with van der Waals surface area (Å²) in [5.74, 6) is -1.23. The lowest BCUT2D eigenvalue weighted by Gasteiger charge is -2.08. The van der Waals surface area contributed by atoms with Gasteiger partial charge < -0.3 is 10.1 Å². The first kappa shape index (κ1) is 13.9. The molecular formula is C14H10N2O3S. The molecule has 0 amide bonds. The molecule has 0 atom stereocenters. The van der Waals surface area contributed by atoms with Gasteiger partial charge in [0.25, 0.3) is 0 Å². The zero-order valence-electron chi connectivity index (χ0n) is 10.3. The number of H-pyrrole nitrogens is 1. The highest BCUT2D eigenvalue weighted by Gasteiger charge is 2.13. The lowest BCUT2D eigenvalue weighted by atomic mass is 10.0. The number of carbonyl (C=O) groups is 1. The first-order valence-electron chi connectivity index (χ1n) is 5.69. The number of carboxylic acid groups (broad SMARTS) is 1. The van der Waals surface area contributed by atoms with Crippen LogP contribution in [0.5, 0.6) is 0 Å². The number of rotatable bonds is 4. The van der Waals surface area contributed by atoms with Crippen molar-refractivity contribution < 1.29 is 9.90 Å². The highest BCUT2D eigenvalue weighted by atomic mass is 32.2. The van der Waals surface area contributed by atoms with Gasteiger partial charge in [-0.15, -0.1) is 0 Å². The van der Waals surface area contributed by atoms with Crippen molar-refractivity contribution in [1.29, 1.82) is 5.26 Å². The van der Waals surface area contributed by atoms with Crippen LogP contribution in [0.15, 0.2) is 46.2 Å². The second-order valence-corrected chi connectivity index (χ2v) is 4.90. The summed E-state index contributed by atoms with van der Waals surface area (Å²) in [6, 6.07) is 12.4. The molecule has 2 N–H and O–H groups in total. The van der Waals surface area contributed by atoms with Crippen LogP contribution < -0.4 is 5.56 Å². The fourth-order valence-electron chi connectivity index (χ4n) is 1.73. The van der Waals surface area contributed by atoms with Crippen LogP contribution in [-0.2, 0) is 4.79 Å². The highest BCUT2D eigenvalue weighted by Crippen LogP contribution is 2.28. The van der Waals surface area contributed by atoms with E-state index in [1.807, 2.05) is 24.3 Å². The Bertz CT molecular complexity index is 732. The van der Waals surface area contributed by atoms with Crippen molar-refractivity contribution in [2.24, 2.45) is 0 Å². The van der Waals surface area contributed by atoms with E-state index in [4.69, 9.17) is 5.11 Å². The van der Waals surface area contributed by atoms with E-state index < -0.39 is 5.97 Å². The minimum absolute atomic E-state index is 0.219. The van der Waals surface area contributed by atoms with Crippen molar-refractivity contribution in [2.45, 2.75) is 5.03 Å². The molecule has 0 fully saturated rings. The molecule has 0 unspecified atom stereocenters. The number of aromatic amines is 1. The number of hydrogen-bond donors (Lipinski definition) is 2. The van der Waals surface area contributed by atoms with Crippen molar-refractivity contribution in [3.05, 3.63) is 52.3 Å². The number of aliphatic carboxylic acids is 1. The fraction of sp³-hybridized carbons (Fsp3) is 0.0714. The molecule has 5 nitrogen and oxygen atoms in total. The average molecular weight is 286 g/mol. The predicted molar refractivity (Wildman–Crippen MR) is 75.6 cm³/mol. The second-order valence-electron chi connectivity index (χ2n) is 3.91. The summed E-state index contributed by atoms with van der Waals surface area (Å²) < 4.78 is 0. The fourth-order valence-corrected chi connectivity index (χ4v) is 2.48. The maximum absolute atomic E-state index is 11.7. The van der Waals surface area contributed by atoms with E-state index in [-0.39, 0.29) is 21.9 Å². The summed E-state index contributed by atoms with van der Waals surface area (Å²) in [6.07, 6.45) is 0. The van der Waals surface area contributed by atoms with E-state index in [1.165, 1.54) is 6.07 Å². The predicted octanol–water partition coefficient (Wildman–Crippen LogP) is 2.09. The molecule has 6 heteroatoms. The van der Waals surface area contributed by atoms with Gasteiger partial charge in [-0.3, -0.25) is 9.59 Å². The maximum Gasteiger partial charge on any atom is 0.313 e. The van der Waals surface area contributed by atoms with E-state index in [2.05, 4.69) is 4.98 Å². The van der Waals surface area contributed by atoms with Gasteiger partial charge in [-0.1, -0.05) is 42.1 Å². The molecule has 0 aliphatic rings. The molecule has 2 rings (SSSR count). The van der Waals surface area contributed by atoms with E-state index in [9.17, 15) is 14.9 Å². The van der Waals surface area contributed by atoms with Gasteiger partial charge in [0.05, 0.1) is 16.3 Å². The molecule has 0 aliphatic carbocycles. The number of nitrogens with one attached hydrogen (secondary N) is 1. The van der Waals surface area contributed by atoms with Crippen molar-refractivity contribution in [2.75, 3.05) is 5.75 Å². The van der Waals surface area contributed by atoms with Crippen LogP contribution in [0, 0.1) is 11.3 Å². The third-order valence-electron chi connectivity index (χ3n) is 2.55. The van der Waals surface area contributed by atoms with Crippen LogP contribution in [0.2, 0.25) is 0 Å². The molecule has 0 bridgehead atoms. The van der Waals surface area contributed by atoms with Crippen LogP contribution >= 0.6 is 11.8 Å². The molecule has 0 aliphatic heterocycles. The third kappa shape index (κ3) is 3.08. The first-order valence-corrected chi connectivity index (χ1v) is 6.68. The number of benzene rings is 1. The molecule has 0 saturated heterocycles. The number of carboxylic acids is 1. The SMILES string of the molecule is N#Cc1c(-c2ccccc2)cc(=O)[nH]c1SCC(=O)O. The Labute approximate surface area is 118 Å². The summed E-state index contributed by atoms with van der Waals surface area (Å²) in [6.45, 7) is 0. The number of hydrogen-bond acceptors (Lipinski definition) is 4. The topological polar surface area (TPSA) is 94.0 Å². The summed E-state index contributed by atoms with van der Waals surface area (Å²) in [5.41, 5.74) is 1.16. The molecule has 1 heterocycles. The molecule has 0 saturated carbocycles. The van der Waals surface area contributed by atoms with Gasteiger partial charge in [0.1, 0.15) is 6.07 Å². The summed E-state index contributed by atoms with van der Waals surface area (Å²) in [5, 5.41) is 18.3. The van der Waals surface area contributed by atoms with E-state index in [1.54, 1.807) is 12.1 Å². The summed E-state index contributed by atoms with van der Waals surface area (Å²) in [4.78, 5) is 24.8. The van der Waals surface area contributed by atoms with Gasteiger partial charge in [-0.25, -0.2) is 0 Å². The Kier molecular flexibility index (Phi) is 4.23. The van der Waals surface area contributed by atoms with Crippen LogP contribution in [0.1, 0.15) is 5.56 Å². The quantitative estimate of drug-likeness (QED) is 0.839. The number of thioether (sulfide) groups is 1. The van der Waals surface area contributed by atoms with Crippen LogP contribution in [-0.4, -0.2) is 21.8 Å². The molecule has 1 aromatic carbocycles. The average Bonchev–Trinajstić information content (AvgIpc) is 2.45. The standard InChI is InChI=1S/C14H10N2O3S/c15-7-11-10(9-4-2-1-3-5-9)6-12(17)16-14(11)20-8-13(18)19/h1-6H,8H2,(H,16,17)(H,18,19). The van der Waals surface area contributed by atoms with Crippen molar-refractivity contribution in [3.8, 4) is 17.2 Å². The molecule has 1 aromatic heterocycles. The Balaban J connectivity index is 2.55. The molecule has 0 radical (unpaired) electrons. The van der Waals surface area contributed by atoms with Gasteiger partial charge in [-0.05, 0) is 5.56 Å². The number of nitriles is 1. The van der Waals surface area contributed by atoms with Gasteiger partial charge in [-0.2, -0.15) is 5.26 Å². The van der Waals surface area contributed by atoms with Gasteiger partial charge in [0, 0.05) is 11.6 Å². The Morgan fingerprint density at radius 3 is 2.65 bits per heavy atom. The minimum Gasteiger partial charge on any atom is -0.481 e. The summed E-state index contributed by atoms with van der Waals surface area (Å²) >= 11 is 0.925. The summed E-state index contributed by atoms with van der Waals surface area (Å²) in [7, 11) is 0. The molecule has 100 valence electrons. The largest absolute Gasteiger partial charge is 0.481 e. The molecule has 2 aromatic rings. The molecule has 20 heavy (non-hydrogen) atoms. The first-order chi connectivity index (χ1) is 9.61. The van der Waals surface area contributed by atoms with Gasteiger partial charge in [0.15, 0.2) is 0 Å². The van der Waals surface area contributed by atoms with E-state index in [0.717, 1.165) is 17.3 Å². The zero-order chi connectivity index (χ0) is 14.5. The van der Waals surface area contributed by atoms with Crippen molar-refractivity contribution >= 4 is 17.7 Å². The lowest BCUT2D eigenvalue weighted by molar-refractivity contribution is -0.133. The van der Waals surface area contributed by atoms with Crippen LogP contribution in [0.3, 0.4) is 0 Å². The Morgan fingerprint density at radius 2 is 2.05 bits per heavy atom. The molecular weight excluding hydrogens is 276 g/mol.